The molecule has 0 radical (unpaired) electrons. The van der Waals surface area contributed by atoms with Gasteiger partial charge in [0, 0.05) is 5.56 Å². The van der Waals surface area contributed by atoms with E-state index in [2.05, 4.69) is 6.58 Å². The van der Waals surface area contributed by atoms with Gasteiger partial charge in [-0.25, -0.2) is 0 Å². The van der Waals surface area contributed by atoms with Gasteiger partial charge in [0.15, 0.2) is 5.78 Å². The number of rotatable bonds is 6. The quantitative estimate of drug-likeness (QED) is 0.448. The van der Waals surface area contributed by atoms with E-state index in [-0.39, 0.29) is 5.78 Å². The first-order chi connectivity index (χ1) is 9.29. The van der Waals surface area contributed by atoms with E-state index in [0.29, 0.717) is 23.7 Å². The number of ether oxygens (including phenoxy) is 1. The summed E-state index contributed by atoms with van der Waals surface area (Å²) in [6.45, 7) is 3.99. The lowest BCUT2D eigenvalue weighted by Crippen LogP contribution is -1.97. The summed E-state index contributed by atoms with van der Waals surface area (Å²) < 4.78 is 10.5. The van der Waals surface area contributed by atoms with Crippen LogP contribution in [0.1, 0.15) is 16.1 Å². The summed E-state index contributed by atoms with van der Waals surface area (Å²) in [7, 11) is 0. The van der Waals surface area contributed by atoms with Crippen molar-refractivity contribution in [3.05, 3.63) is 72.7 Å². The molecule has 96 valence electrons. The molecule has 1 heterocycles. The Morgan fingerprint density at radius 2 is 2.21 bits per heavy atom. The number of carbonyl (C=O) groups is 1. The Kier molecular flexibility index (Phi) is 4.34. The van der Waals surface area contributed by atoms with E-state index in [1.54, 1.807) is 54.8 Å². The lowest BCUT2D eigenvalue weighted by Gasteiger charge is -2.03. The van der Waals surface area contributed by atoms with Crippen molar-refractivity contribution >= 4 is 11.9 Å². The predicted octanol–water partition coefficient (Wildman–Crippen LogP) is 3.74. The third-order valence-electron chi connectivity index (χ3n) is 2.43. The fraction of sp³-hybridized carbons (Fsp3) is 0.0625. The van der Waals surface area contributed by atoms with Crippen LogP contribution in [0, 0.1) is 0 Å². The number of allylic oxidation sites excluding steroid dienone is 1. The number of hydrogen-bond donors (Lipinski definition) is 0. The first-order valence-corrected chi connectivity index (χ1v) is 5.89. The molecule has 0 saturated carbocycles. The van der Waals surface area contributed by atoms with Gasteiger partial charge in [-0.3, -0.25) is 4.79 Å². The minimum absolute atomic E-state index is 0.0968. The third kappa shape index (κ3) is 3.71. The van der Waals surface area contributed by atoms with Gasteiger partial charge in [-0.2, -0.15) is 0 Å². The Balaban J connectivity index is 2.08. The van der Waals surface area contributed by atoms with E-state index < -0.39 is 0 Å². The van der Waals surface area contributed by atoms with E-state index >= 15 is 0 Å². The largest absolute Gasteiger partial charge is 0.490 e. The van der Waals surface area contributed by atoms with Crippen molar-refractivity contribution in [3.8, 4) is 5.75 Å². The minimum atomic E-state index is -0.0968. The second kappa shape index (κ2) is 6.40. The van der Waals surface area contributed by atoms with Crippen molar-refractivity contribution in [2.24, 2.45) is 0 Å². The Bertz CT molecular complexity index is 580. The second-order valence-corrected chi connectivity index (χ2v) is 3.84. The van der Waals surface area contributed by atoms with Gasteiger partial charge in [0.1, 0.15) is 18.1 Å². The number of benzene rings is 1. The summed E-state index contributed by atoms with van der Waals surface area (Å²) in [5.74, 6) is 1.20. The zero-order chi connectivity index (χ0) is 13.5. The molecule has 0 saturated heterocycles. The molecule has 19 heavy (non-hydrogen) atoms. The fourth-order valence-electron chi connectivity index (χ4n) is 1.53. The fourth-order valence-corrected chi connectivity index (χ4v) is 1.53. The summed E-state index contributed by atoms with van der Waals surface area (Å²) in [6.07, 6.45) is 6.34. The summed E-state index contributed by atoms with van der Waals surface area (Å²) in [4.78, 5) is 12.0. The molecular weight excluding hydrogens is 240 g/mol. The highest BCUT2D eigenvalue weighted by atomic mass is 16.5. The maximum Gasteiger partial charge on any atom is 0.186 e. The van der Waals surface area contributed by atoms with Crippen LogP contribution in [-0.2, 0) is 0 Å². The first kappa shape index (κ1) is 12.9. The molecule has 0 atom stereocenters. The van der Waals surface area contributed by atoms with Crippen LogP contribution in [0.15, 0.2) is 65.8 Å². The maximum absolute atomic E-state index is 12.0. The molecule has 0 amide bonds. The molecule has 0 aliphatic heterocycles. The van der Waals surface area contributed by atoms with Gasteiger partial charge in [-0.1, -0.05) is 24.8 Å². The molecular formula is C16H14O3. The van der Waals surface area contributed by atoms with E-state index in [9.17, 15) is 4.79 Å². The SMILES string of the molecule is C=CCOc1cccc(C(=O)/C=C/c2ccco2)c1. The number of carbonyl (C=O) groups excluding carboxylic acids is 1. The minimum Gasteiger partial charge on any atom is -0.490 e. The number of ketones is 1. The molecule has 0 fully saturated rings. The van der Waals surface area contributed by atoms with Crippen LogP contribution >= 0.6 is 0 Å². The molecule has 3 nitrogen and oxygen atoms in total. The molecule has 3 heteroatoms. The number of furan rings is 1. The molecule has 2 rings (SSSR count). The van der Waals surface area contributed by atoms with Gasteiger partial charge in [0.2, 0.25) is 0 Å². The lowest BCUT2D eigenvalue weighted by molar-refractivity contribution is 0.104. The molecule has 0 aliphatic rings. The van der Waals surface area contributed by atoms with Crippen LogP contribution in [0.4, 0.5) is 0 Å². The zero-order valence-corrected chi connectivity index (χ0v) is 10.4. The van der Waals surface area contributed by atoms with Gasteiger partial charge < -0.3 is 9.15 Å². The summed E-state index contributed by atoms with van der Waals surface area (Å²) >= 11 is 0. The molecule has 1 aromatic heterocycles. The van der Waals surface area contributed by atoms with Crippen molar-refractivity contribution in [1.29, 1.82) is 0 Å². The third-order valence-corrected chi connectivity index (χ3v) is 2.43. The van der Waals surface area contributed by atoms with Crippen molar-refractivity contribution in [2.75, 3.05) is 6.61 Å². The first-order valence-electron chi connectivity index (χ1n) is 5.89. The molecule has 0 N–H and O–H groups in total. The molecule has 0 aliphatic carbocycles. The number of hydrogen-bond acceptors (Lipinski definition) is 3. The Morgan fingerprint density at radius 3 is 2.95 bits per heavy atom. The summed E-state index contributed by atoms with van der Waals surface area (Å²) in [5, 5.41) is 0. The molecule has 0 unspecified atom stereocenters. The average Bonchev–Trinajstić information content (AvgIpc) is 2.96. The van der Waals surface area contributed by atoms with E-state index in [4.69, 9.17) is 9.15 Å². The zero-order valence-electron chi connectivity index (χ0n) is 10.4. The van der Waals surface area contributed by atoms with Crippen LogP contribution in [-0.4, -0.2) is 12.4 Å². The standard InChI is InChI=1S/C16H14O3/c1-2-10-18-15-6-3-5-13(12-15)16(17)9-8-14-7-4-11-19-14/h2-9,11-12H,1,10H2/b9-8+. The topological polar surface area (TPSA) is 39.4 Å². The molecule has 1 aromatic carbocycles. The van der Waals surface area contributed by atoms with E-state index in [1.165, 1.54) is 6.08 Å². The van der Waals surface area contributed by atoms with Gasteiger partial charge >= 0.3 is 0 Å². The van der Waals surface area contributed by atoms with Crippen molar-refractivity contribution in [3.63, 3.8) is 0 Å². The molecule has 0 bridgehead atoms. The van der Waals surface area contributed by atoms with Crippen molar-refractivity contribution in [1.82, 2.24) is 0 Å². The highest BCUT2D eigenvalue weighted by Gasteiger charge is 2.03. The van der Waals surface area contributed by atoms with E-state index in [1.807, 2.05) is 0 Å². The predicted molar refractivity (Wildman–Crippen MR) is 74.2 cm³/mol. The van der Waals surface area contributed by atoms with Gasteiger partial charge in [0.25, 0.3) is 0 Å². The van der Waals surface area contributed by atoms with Crippen molar-refractivity contribution in [2.45, 2.75) is 0 Å². The van der Waals surface area contributed by atoms with Gasteiger partial charge in [-0.05, 0) is 36.4 Å². The Morgan fingerprint density at radius 1 is 1.32 bits per heavy atom. The Hall–Kier alpha value is -2.55. The monoisotopic (exact) mass is 254 g/mol. The molecule has 2 aromatic rings. The second-order valence-electron chi connectivity index (χ2n) is 3.84. The molecule has 0 spiro atoms. The lowest BCUT2D eigenvalue weighted by atomic mass is 10.1. The van der Waals surface area contributed by atoms with Crippen LogP contribution in [0.3, 0.4) is 0 Å². The van der Waals surface area contributed by atoms with Gasteiger partial charge in [0.05, 0.1) is 6.26 Å². The van der Waals surface area contributed by atoms with Crippen molar-refractivity contribution < 1.29 is 13.9 Å². The van der Waals surface area contributed by atoms with E-state index in [0.717, 1.165) is 0 Å². The highest BCUT2D eigenvalue weighted by molar-refractivity contribution is 6.06. The maximum atomic E-state index is 12.0. The average molecular weight is 254 g/mol. The normalized spacial score (nSPS) is 10.5. The smallest absolute Gasteiger partial charge is 0.186 e. The Labute approximate surface area is 111 Å². The van der Waals surface area contributed by atoms with Crippen LogP contribution in [0.2, 0.25) is 0 Å². The summed E-state index contributed by atoms with van der Waals surface area (Å²) in [5.41, 5.74) is 0.573. The van der Waals surface area contributed by atoms with Gasteiger partial charge in [-0.15, -0.1) is 0 Å². The van der Waals surface area contributed by atoms with Crippen LogP contribution in [0.5, 0.6) is 5.75 Å². The van der Waals surface area contributed by atoms with Crippen LogP contribution in [0.25, 0.3) is 6.08 Å². The van der Waals surface area contributed by atoms with Crippen LogP contribution < -0.4 is 4.74 Å². The highest BCUT2D eigenvalue weighted by Crippen LogP contribution is 2.14. The summed E-state index contributed by atoms with van der Waals surface area (Å²) in [6, 6.07) is 10.6.